The zero-order valence-electron chi connectivity index (χ0n) is 13.3. The molecule has 1 aromatic carbocycles. The quantitative estimate of drug-likeness (QED) is 0.811. The van der Waals surface area contributed by atoms with E-state index in [0.717, 1.165) is 24.1 Å². The molecule has 0 saturated heterocycles. The summed E-state index contributed by atoms with van der Waals surface area (Å²) in [6, 6.07) is 7.88. The van der Waals surface area contributed by atoms with Crippen molar-refractivity contribution < 1.29 is 13.2 Å². The number of hydrogen-bond acceptors (Lipinski definition) is 3. The summed E-state index contributed by atoms with van der Waals surface area (Å²) in [6.45, 7) is 6.73. The van der Waals surface area contributed by atoms with E-state index in [-0.39, 0.29) is 12.0 Å². The first-order chi connectivity index (χ1) is 9.93. The summed E-state index contributed by atoms with van der Waals surface area (Å²) < 4.78 is 32.3. The Morgan fingerprint density at radius 3 is 2.48 bits per heavy atom. The highest BCUT2D eigenvalue weighted by Crippen LogP contribution is 2.46. The van der Waals surface area contributed by atoms with E-state index in [2.05, 4.69) is 19.9 Å². The monoisotopic (exact) mass is 311 g/mol. The minimum absolute atomic E-state index is 0.0730. The van der Waals surface area contributed by atoms with Gasteiger partial charge in [-0.3, -0.25) is 4.31 Å². The van der Waals surface area contributed by atoms with Crippen molar-refractivity contribution in [1.82, 2.24) is 0 Å². The topological polar surface area (TPSA) is 46.6 Å². The first-order valence-corrected chi connectivity index (χ1v) is 9.03. The van der Waals surface area contributed by atoms with Gasteiger partial charge >= 0.3 is 0 Å². The first-order valence-electron chi connectivity index (χ1n) is 7.53. The number of para-hydroxylation sites is 1. The van der Waals surface area contributed by atoms with E-state index in [9.17, 15) is 8.42 Å². The zero-order valence-corrected chi connectivity index (χ0v) is 14.1. The number of hydrogen-bond donors (Lipinski definition) is 0. The second kappa shape index (κ2) is 5.97. The lowest BCUT2D eigenvalue weighted by atomic mass is 9.78. The molecular weight excluding hydrogens is 286 g/mol. The van der Waals surface area contributed by atoms with Crippen LogP contribution in [0.1, 0.15) is 39.2 Å². The van der Waals surface area contributed by atoms with Crippen LogP contribution in [0.25, 0.3) is 0 Å². The van der Waals surface area contributed by atoms with Crippen molar-refractivity contribution in [3.05, 3.63) is 29.8 Å². The number of sulfonamides is 1. The molecule has 0 N–H and O–H groups in total. The van der Waals surface area contributed by atoms with Crippen LogP contribution in [-0.2, 0) is 20.2 Å². The molecule has 0 saturated carbocycles. The van der Waals surface area contributed by atoms with Crippen LogP contribution in [0.5, 0.6) is 0 Å². The molecule has 2 rings (SSSR count). The molecule has 21 heavy (non-hydrogen) atoms. The summed E-state index contributed by atoms with van der Waals surface area (Å²) in [5, 5.41) is -0.542. The molecule has 0 bridgehead atoms. The number of benzene rings is 1. The van der Waals surface area contributed by atoms with Crippen LogP contribution >= 0.6 is 0 Å². The van der Waals surface area contributed by atoms with E-state index in [4.69, 9.17) is 4.74 Å². The Kier molecular flexibility index (Phi) is 4.63. The summed E-state index contributed by atoms with van der Waals surface area (Å²) in [5.74, 6) is 0. The first kappa shape index (κ1) is 16.3. The Bertz CT molecular complexity index is 593. The maximum Gasteiger partial charge on any atom is 0.240 e. The molecule has 0 aromatic heterocycles. The highest BCUT2D eigenvalue weighted by atomic mass is 32.2. The standard InChI is InChI=1S/C16H25NO3S/c1-5-16(6-2)12-17(15-10-8-7-9-14(15)16)21(18,19)13(3)11-20-4/h7-10,13H,5-6,11-12H2,1-4H3. The number of nitrogens with zero attached hydrogens (tertiary/aromatic N) is 1. The van der Waals surface area contributed by atoms with Crippen molar-refractivity contribution in [2.24, 2.45) is 0 Å². The highest BCUT2D eigenvalue weighted by Gasteiger charge is 2.45. The molecule has 5 heteroatoms. The van der Waals surface area contributed by atoms with Crippen molar-refractivity contribution in [3.8, 4) is 0 Å². The summed E-state index contributed by atoms with van der Waals surface area (Å²) in [7, 11) is -1.86. The number of anilines is 1. The van der Waals surface area contributed by atoms with Crippen molar-refractivity contribution in [3.63, 3.8) is 0 Å². The van der Waals surface area contributed by atoms with Gasteiger partial charge < -0.3 is 4.74 Å². The minimum atomic E-state index is -3.40. The summed E-state index contributed by atoms with van der Waals surface area (Å²) in [4.78, 5) is 0. The third-order valence-electron chi connectivity index (χ3n) is 4.76. The molecule has 1 aliphatic rings. The van der Waals surface area contributed by atoms with Crippen LogP contribution in [-0.4, -0.2) is 33.9 Å². The zero-order chi connectivity index (χ0) is 15.7. The number of ether oxygens (including phenoxy) is 1. The smallest absolute Gasteiger partial charge is 0.240 e. The van der Waals surface area contributed by atoms with Crippen LogP contribution in [0.4, 0.5) is 5.69 Å². The van der Waals surface area contributed by atoms with Crippen molar-refractivity contribution >= 4 is 15.7 Å². The Morgan fingerprint density at radius 2 is 1.90 bits per heavy atom. The average molecular weight is 311 g/mol. The van der Waals surface area contributed by atoms with Crippen LogP contribution < -0.4 is 4.31 Å². The molecular formula is C16H25NO3S. The van der Waals surface area contributed by atoms with Gasteiger partial charge in [0.05, 0.1) is 12.3 Å². The number of rotatable bonds is 6. The van der Waals surface area contributed by atoms with Gasteiger partial charge in [-0.05, 0) is 31.4 Å². The second-order valence-corrected chi connectivity index (χ2v) is 8.10. The largest absolute Gasteiger partial charge is 0.383 e. The van der Waals surface area contributed by atoms with Gasteiger partial charge in [0, 0.05) is 19.1 Å². The van der Waals surface area contributed by atoms with Crippen LogP contribution in [0.15, 0.2) is 24.3 Å². The Morgan fingerprint density at radius 1 is 1.29 bits per heavy atom. The van der Waals surface area contributed by atoms with Gasteiger partial charge in [-0.25, -0.2) is 8.42 Å². The lowest BCUT2D eigenvalue weighted by Gasteiger charge is -2.29. The third-order valence-corrected chi connectivity index (χ3v) is 6.85. The van der Waals surface area contributed by atoms with Crippen molar-refractivity contribution in [2.75, 3.05) is 24.6 Å². The van der Waals surface area contributed by atoms with Crippen LogP contribution in [0.2, 0.25) is 0 Å². The molecule has 118 valence electrons. The Labute approximate surface area is 128 Å². The van der Waals surface area contributed by atoms with E-state index in [0.29, 0.717) is 6.54 Å². The maximum atomic E-state index is 12.9. The predicted molar refractivity (Wildman–Crippen MR) is 86.3 cm³/mol. The minimum Gasteiger partial charge on any atom is -0.383 e. The van der Waals surface area contributed by atoms with Crippen LogP contribution in [0, 0.1) is 0 Å². The fraction of sp³-hybridized carbons (Fsp3) is 0.625. The Balaban J connectivity index is 2.49. The fourth-order valence-corrected chi connectivity index (χ4v) is 4.81. The molecule has 1 heterocycles. The van der Waals surface area contributed by atoms with Gasteiger partial charge in [0.25, 0.3) is 0 Å². The van der Waals surface area contributed by atoms with E-state index in [1.807, 2.05) is 18.2 Å². The van der Waals surface area contributed by atoms with E-state index >= 15 is 0 Å². The molecule has 1 atom stereocenters. The van der Waals surface area contributed by atoms with Gasteiger partial charge in [0.2, 0.25) is 10.0 Å². The van der Waals surface area contributed by atoms with Gasteiger partial charge in [-0.15, -0.1) is 0 Å². The van der Waals surface area contributed by atoms with Gasteiger partial charge in [0.1, 0.15) is 5.25 Å². The highest BCUT2D eigenvalue weighted by molar-refractivity contribution is 7.93. The molecule has 0 spiro atoms. The molecule has 1 unspecified atom stereocenters. The second-order valence-electron chi connectivity index (χ2n) is 5.82. The summed E-state index contributed by atoms with van der Waals surface area (Å²) in [6.07, 6.45) is 1.87. The van der Waals surface area contributed by atoms with E-state index < -0.39 is 15.3 Å². The van der Waals surface area contributed by atoms with Gasteiger partial charge in [-0.1, -0.05) is 32.0 Å². The molecule has 0 aliphatic carbocycles. The number of fused-ring (bicyclic) bond motifs is 1. The molecule has 1 aliphatic heterocycles. The maximum absolute atomic E-state index is 12.9. The molecule has 0 fully saturated rings. The third kappa shape index (κ3) is 2.57. The predicted octanol–water partition coefficient (Wildman–Crippen LogP) is 2.93. The van der Waals surface area contributed by atoms with Gasteiger partial charge in [0.15, 0.2) is 0 Å². The van der Waals surface area contributed by atoms with E-state index in [1.54, 1.807) is 11.2 Å². The van der Waals surface area contributed by atoms with E-state index in [1.165, 1.54) is 7.11 Å². The lowest BCUT2D eigenvalue weighted by molar-refractivity contribution is 0.200. The molecule has 0 radical (unpaired) electrons. The molecule has 0 amide bonds. The number of methoxy groups -OCH3 is 1. The summed E-state index contributed by atoms with van der Waals surface area (Å²) >= 11 is 0. The van der Waals surface area contributed by atoms with Crippen LogP contribution in [0.3, 0.4) is 0 Å². The van der Waals surface area contributed by atoms with Crippen molar-refractivity contribution in [1.29, 1.82) is 0 Å². The average Bonchev–Trinajstić information content (AvgIpc) is 2.83. The molecule has 1 aromatic rings. The SMILES string of the molecule is CCC1(CC)CN(S(=O)(=O)C(C)COC)c2ccccc21. The Hall–Kier alpha value is -1.07. The lowest BCUT2D eigenvalue weighted by Crippen LogP contribution is -2.42. The molecule has 4 nitrogen and oxygen atoms in total. The summed E-state index contributed by atoms with van der Waals surface area (Å²) in [5.41, 5.74) is 1.92. The fourth-order valence-electron chi connectivity index (χ4n) is 3.20. The van der Waals surface area contributed by atoms with Crippen molar-refractivity contribution in [2.45, 2.75) is 44.3 Å². The normalized spacial score (nSPS) is 18.6. The van der Waals surface area contributed by atoms with Gasteiger partial charge in [-0.2, -0.15) is 0 Å².